The van der Waals surface area contributed by atoms with Crippen molar-refractivity contribution in [2.24, 2.45) is 5.73 Å². The molecule has 0 amide bonds. The number of rotatable bonds is 2. The first-order valence-corrected chi connectivity index (χ1v) is 5.56. The largest absolute Gasteiger partial charge is 0.326 e. The topological polar surface area (TPSA) is 43.8 Å². The van der Waals surface area contributed by atoms with Crippen LogP contribution in [0.3, 0.4) is 0 Å². The van der Waals surface area contributed by atoms with Crippen molar-refractivity contribution in [2.75, 3.05) is 0 Å². The lowest BCUT2D eigenvalue weighted by Crippen LogP contribution is -2.07. The van der Waals surface area contributed by atoms with Crippen LogP contribution in [0.25, 0.3) is 5.69 Å². The van der Waals surface area contributed by atoms with Crippen LogP contribution in [0.15, 0.2) is 18.2 Å². The Morgan fingerprint density at radius 2 is 2.00 bits per heavy atom. The van der Waals surface area contributed by atoms with Gasteiger partial charge >= 0.3 is 0 Å². The average Bonchev–Trinajstić information content (AvgIpc) is 2.57. The fraction of sp³-hybridized carbons (Fsp3) is 0.308. The van der Waals surface area contributed by atoms with Gasteiger partial charge in [0.2, 0.25) is 0 Å². The Bertz CT molecular complexity index is 558. The fourth-order valence-corrected chi connectivity index (χ4v) is 1.88. The molecule has 0 aliphatic heterocycles. The van der Waals surface area contributed by atoms with Crippen LogP contribution in [-0.4, -0.2) is 9.78 Å². The Hall–Kier alpha value is -1.68. The summed E-state index contributed by atoms with van der Waals surface area (Å²) in [4.78, 5) is 0. The molecule has 2 N–H and O–H groups in total. The second-order valence-electron chi connectivity index (χ2n) is 4.18. The standard InChI is InChI=1S/C13H16FN3/c1-8-9(2)16-17(10(8)3)13-5-4-12(14)6-11(13)7-15/h4-6H,7,15H2,1-3H3. The minimum atomic E-state index is -0.271. The molecule has 17 heavy (non-hydrogen) atoms. The van der Waals surface area contributed by atoms with E-state index in [0.717, 1.165) is 28.2 Å². The molecular formula is C13H16FN3. The summed E-state index contributed by atoms with van der Waals surface area (Å²) in [5.74, 6) is -0.271. The first kappa shape index (κ1) is 11.8. The molecule has 0 fully saturated rings. The molecule has 0 spiro atoms. The molecule has 90 valence electrons. The van der Waals surface area contributed by atoms with Gasteiger partial charge in [0.1, 0.15) is 5.82 Å². The predicted octanol–water partition coefficient (Wildman–Crippen LogP) is 2.40. The van der Waals surface area contributed by atoms with Crippen LogP contribution >= 0.6 is 0 Å². The molecule has 0 atom stereocenters. The van der Waals surface area contributed by atoms with Crippen molar-refractivity contribution in [3.8, 4) is 5.69 Å². The van der Waals surface area contributed by atoms with E-state index in [-0.39, 0.29) is 5.82 Å². The van der Waals surface area contributed by atoms with Gasteiger partial charge in [-0.1, -0.05) is 0 Å². The minimum absolute atomic E-state index is 0.271. The Morgan fingerprint density at radius 3 is 2.53 bits per heavy atom. The van der Waals surface area contributed by atoms with Gasteiger partial charge in [0, 0.05) is 12.2 Å². The lowest BCUT2D eigenvalue weighted by atomic mass is 10.1. The quantitative estimate of drug-likeness (QED) is 0.865. The van der Waals surface area contributed by atoms with Crippen LogP contribution in [0.2, 0.25) is 0 Å². The number of nitrogens with zero attached hydrogens (tertiary/aromatic N) is 2. The Kier molecular flexibility index (Phi) is 2.98. The highest BCUT2D eigenvalue weighted by atomic mass is 19.1. The highest BCUT2D eigenvalue weighted by Gasteiger charge is 2.12. The van der Waals surface area contributed by atoms with Crippen LogP contribution in [0.4, 0.5) is 4.39 Å². The fourth-order valence-electron chi connectivity index (χ4n) is 1.88. The third-order valence-electron chi connectivity index (χ3n) is 3.14. The molecule has 0 aliphatic rings. The highest BCUT2D eigenvalue weighted by molar-refractivity contribution is 5.43. The molecule has 0 radical (unpaired) electrons. The van der Waals surface area contributed by atoms with E-state index >= 15 is 0 Å². The number of benzene rings is 1. The summed E-state index contributed by atoms with van der Waals surface area (Å²) in [6.45, 7) is 6.29. The van der Waals surface area contributed by atoms with Gasteiger partial charge in [-0.15, -0.1) is 0 Å². The van der Waals surface area contributed by atoms with Gasteiger partial charge in [-0.05, 0) is 50.1 Å². The summed E-state index contributed by atoms with van der Waals surface area (Å²) in [7, 11) is 0. The second-order valence-corrected chi connectivity index (χ2v) is 4.18. The summed E-state index contributed by atoms with van der Waals surface area (Å²) in [5, 5.41) is 4.46. The van der Waals surface area contributed by atoms with E-state index < -0.39 is 0 Å². The number of halogens is 1. The van der Waals surface area contributed by atoms with Crippen molar-refractivity contribution in [2.45, 2.75) is 27.3 Å². The predicted molar refractivity (Wildman–Crippen MR) is 65.6 cm³/mol. The zero-order valence-electron chi connectivity index (χ0n) is 10.3. The summed E-state index contributed by atoms with van der Waals surface area (Å²) in [5.41, 5.74) is 10.4. The summed E-state index contributed by atoms with van der Waals surface area (Å²) in [6.07, 6.45) is 0. The van der Waals surface area contributed by atoms with E-state index in [2.05, 4.69) is 5.10 Å². The molecule has 0 bridgehead atoms. The molecule has 1 aromatic carbocycles. The number of aromatic nitrogens is 2. The third-order valence-corrected chi connectivity index (χ3v) is 3.14. The second kappa shape index (κ2) is 4.30. The Labute approximate surface area is 100 Å². The summed E-state index contributed by atoms with van der Waals surface area (Å²) >= 11 is 0. The zero-order valence-corrected chi connectivity index (χ0v) is 10.3. The first-order chi connectivity index (χ1) is 8.04. The number of hydrogen-bond acceptors (Lipinski definition) is 2. The lowest BCUT2D eigenvalue weighted by molar-refractivity contribution is 0.624. The molecule has 0 unspecified atom stereocenters. The van der Waals surface area contributed by atoms with Gasteiger partial charge < -0.3 is 5.73 Å². The van der Waals surface area contributed by atoms with Crippen LogP contribution in [0, 0.1) is 26.6 Å². The van der Waals surface area contributed by atoms with Crippen molar-refractivity contribution >= 4 is 0 Å². The SMILES string of the molecule is Cc1nn(-c2ccc(F)cc2CN)c(C)c1C. The van der Waals surface area contributed by atoms with Crippen LogP contribution in [0.5, 0.6) is 0 Å². The van der Waals surface area contributed by atoms with Gasteiger partial charge in [0.15, 0.2) is 0 Å². The van der Waals surface area contributed by atoms with Gasteiger partial charge in [-0.3, -0.25) is 0 Å². The Balaban J connectivity index is 2.64. The van der Waals surface area contributed by atoms with Gasteiger partial charge in [0.05, 0.1) is 11.4 Å². The maximum atomic E-state index is 13.1. The molecule has 2 aromatic rings. The molecule has 3 nitrogen and oxygen atoms in total. The average molecular weight is 233 g/mol. The van der Waals surface area contributed by atoms with E-state index in [1.807, 2.05) is 25.5 Å². The molecule has 4 heteroatoms. The van der Waals surface area contributed by atoms with Crippen molar-refractivity contribution in [3.63, 3.8) is 0 Å². The Morgan fingerprint density at radius 1 is 1.29 bits per heavy atom. The van der Waals surface area contributed by atoms with Crippen LogP contribution in [0.1, 0.15) is 22.5 Å². The maximum Gasteiger partial charge on any atom is 0.123 e. The number of hydrogen-bond donors (Lipinski definition) is 1. The number of nitrogens with two attached hydrogens (primary N) is 1. The van der Waals surface area contributed by atoms with E-state index in [0.29, 0.717) is 6.54 Å². The van der Waals surface area contributed by atoms with Crippen molar-refractivity contribution < 1.29 is 4.39 Å². The van der Waals surface area contributed by atoms with Gasteiger partial charge in [-0.2, -0.15) is 5.10 Å². The van der Waals surface area contributed by atoms with Crippen molar-refractivity contribution in [1.82, 2.24) is 9.78 Å². The number of aryl methyl sites for hydroxylation is 1. The molecular weight excluding hydrogens is 217 g/mol. The zero-order chi connectivity index (χ0) is 12.6. The van der Waals surface area contributed by atoms with E-state index in [4.69, 9.17) is 5.73 Å². The molecule has 1 aromatic heterocycles. The summed E-state index contributed by atoms with van der Waals surface area (Å²) in [6, 6.07) is 4.61. The van der Waals surface area contributed by atoms with Gasteiger partial charge in [-0.25, -0.2) is 9.07 Å². The molecule has 2 rings (SSSR count). The van der Waals surface area contributed by atoms with Gasteiger partial charge in [0.25, 0.3) is 0 Å². The lowest BCUT2D eigenvalue weighted by Gasteiger charge is -2.10. The molecule has 0 saturated heterocycles. The molecule has 0 saturated carbocycles. The third kappa shape index (κ3) is 1.96. The monoisotopic (exact) mass is 233 g/mol. The molecule has 1 heterocycles. The van der Waals surface area contributed by atoms with Crippen LogP contribution in [-0.2, 0) is 6.54 Å². The van der Waals surface area contributed by atoms with Crippen LogP contribution < -0.4 is 5.73 Å². The minimum Gasteiger partial charge on any atom is -0.326 e. The molecule has 0 aliphatic carbocycles. The normalized spacial score (nSPS) is 10.9. The van der Waals surface area contributed by atoms with Crippen molar-refractivity contribution in [3.05, 3.63) is 46.5 Å². The van der Waals surface area contributed by atoms with E-state index in [1.165, 1.54) is 12.1 Å². The van der Waals surface area contributed by atoms with Crippen molar-refractivity contribution in [1.29, 1.82) is 0 Å². The maximum absolute atomic E-state index is 13.1. The smallest absolute Gasteiger partial charge is 0.123 e. The summed E-state index contributed by atoms with van der Waals surface area (Å²) < 4.78 is 15.0. The highest BCUT2D eigenvalue weighted by Crippen LogP contribution is 2.20. The van der Waals surface area contributed by atoms with E-state index in [1.54, 1.807) is 6.07 Å². The first-order valence-electron chi connectivity index (χ1n) is 5.56. The van der Waals surface area contributed by atoms with E-state index in [9.17, 15) is 4.39 Å².